The second-order valence-corrected chi connectivity index (χ2v) is 3.52. The summed E-state index contributed by atoms with van der Waals surface area (Å²) >= 11 is 0. The summed E-state index contributed by atoms with van der Waals surface area (Å²) in [7, 11) is 0. The van der Waals surface area contributed by atoms with E-state index in [0.29, 0.717) is 0 Å². The van der Waals surface area contributed by atoms with E-state index in [1.54, 1.807) is 0 Å². The number of hydrogen-bond donors (Lipinski definition) is 1. The molecule has 18 heavy (non-hydrogen) atoms. The summed E-state index contributed by atoms with van der Waals surface area (Å²) in [5.74, 6) is -0.571. The molecule has 0 bridgehead atoms. The zero-order valence-corrected chi connectivity index (χ0v) is 9.42. The molecule has 1 N–H and O–H groups in total. The first-order chi connectivity index (χ1) is 8.49. The van der Waals surface area contributed by atoms with E-state index in [-0.39, 0.29) is 11.3 Å². The lowest BCUT2D eigenvalue weighted by Gasteiger charge is -2.15. The number of para-hydroxylation sites is 1. The van der Waals surface area contributed by atoms with Crippen molar-refractivity contribution in [2.75, 3.05) is 0 Å². The van der Waals surface area contributed by atoms with Crippen LogP contribution in [0.3, 0.4) is 0 Å². The molecule has 2 atom stereocenters. The Labute approximate surface area is 102 Å². The Bertz CT molecular complexity index is 522. The number of aliphatic hydroxyl groups is 1. The molecule has 0 radical (unpaired) electrons. The Kier molecular flexibility index (Phi) is 4.36. The number of nitro groups is 1. The Morgan fingerprint density at radius 3 is 2.67 bits per heavy atom. The highest BCUT2D eigenvalue weighted by Gasteiger charge is 2.29. The van der Waals surface area contributed by atoms with E-state index >= 15 is 0 Å². The minimum atomic E-state index is -1.54. The molecule has 8 nitrogen and oxygen atoms in total. The summed E-state index contributed by atoms with van der Waals surface area (Å²) < 4.78 is 0. The van der Waals surface area contributed by atoms with Gasteiger partial charge in [0.1, 0.15) is 17.9 Å². The van der Waals surface area contributed by atoms with Crippen LogP contribution in [0.5, 0.6) is 0 Å². The fourth-order valence-electron chi connectivity index (χ4n) is 1.50. The zero-order chi connectivity index (χ0) is 13.7. The van der Waals surface area contributed by atoms with Crippen molar-refractivity contribution in [3.63, 3.8) is 0 Å². The van der Waals surface area contributed by atoms with Gasteiger partial charge in [0, 0.05) is 11.0 Å². The largest absolute Gasteiger partial charge is 0.387 e. The molecule has 1 aromatic carbocycles. The predicted octanol–water partition coefficient (Wildman–Crippen LogP) is 1.90. The van der Waals surface area contributed by atoms with Crippen LogP contribution in [0.4, 0.5) is 5.69 Å². The maximum atomic E-state index is 11.2. The van der Waals surface area contributed by atoms with E-state index in [0.717, 1.165) is 6.92 Å². The highest BCUT2D eigenvalue weighted by molar-refractivity contribution is 5.82. The summed E-state index contributed by atoms with van der Waals surface area (Å²) in [4.78, 5) is 23.8. The molecular weight excluding hydrogens is 240 g/mol. The molecule has 0 saturated carbocycles. The van der Waals surface area contributed by atoms with Crippen LogP contribution in [0.2, 0.25) is 0 Å². The Morgan fingerprint density at radius 1 is 1.56 bits per heavy atom. The molecule has 0 spiro atoms. The van der Waals surface area contributed by atoms with Gasteiger partial charge in [-0.25, -0.2) is 0 Å². The number of nitro benzene ring substituents is 1. The lowest BCUT2D eigenvalue weighted by Crippen LogP contribution is -2.24. The topological polar surface area (TPSA) is 129 Å². The van der Waals surface area contributed by atoms with Gasteiger partial charge in [-0.2, -0.15) is 0 Å². The Balaban J connectivity index is 3.24. The van der Waals surface area contributed by atoms with Crippen LogP contribution in [0.1, 0.15) is 18.6 Å². The van der Waals surface area contributed by atoms with Crippen molar-refractivity contribution < 1.29 is 14.8 Å². The summed E-state index contributed by atoms with van der Waals surface area (Å²) in [6, 6.07) is 4.05. The van der Waals surface area contributed by atoms with Crippen LogP contribution < -0.4 is 0 Å². The normalized spacial score (nSPS) is 13.2. The number of azide groups is 1. The number of ketones is 1. The first kappa shape index (κ1) is 13.6. The molecular formula is C10H10N4O4. The highest BCUT2D eigenvalue weighted by atomic mass is 16.6. The lowest BCUT2D eigenvalue weighted by molar-refractivity contribution is -0.386. The van der Waals surface area contributed by atoms with Crippen molar-refractivity contribution in [1.82, 2.24) is 0 Å². The van der Waals surface area contributed by atoms with Gasteiger partial charge in [-0.15, -0.1) is 0 Å². The second-order valence-electron chi connectivity index (χ2n) is 3.52. The summed E-state index contributed by atoms with van der Waals surface area (Å²) in [5.41, 5.74) is 7.93. The molecule has 0 heterocycles. The van der Waals surface area contributed by atoms with Crippen LogP contribution in [0.25, 0.3) is 10.4 Å². The van der Waals surface area contributed by atoms with E-state index in [1.807, 2.05) is 0 Å². The second kappa shape index (κ2) is 5.76. The molecule has 1 rings (SSSR count). The van der Waals surface area contributed by atoms with Crippen molar-refractivity contribution in [2.24, 2.45) is 5.11 Å². The minimum absolute atomic E-state index is 0.0601. The van der Waals surface area contributed by atoms with Crippen LogP contribution in [-0.2, 0) is 4.79 Å². The van der Waals surface area contributed by atoms with E-state index < -0.39 is 22.9 Å². The number of nitrogens with zero attached hydrogens (tertiary/aromatic N) is 4. The van der Waals surface area contributed by atoms with Gasteiger partial charge in [0.15, 0.2) is 0 Å². The van der Waals surface area contributed by atoms with Gasteiger partial charge < -0.3 is 5.11 Å². The summed E-state index contributed by atoms with van der Waals surface area (Å²) in [5, 5.41) is 23.9. The third-order valence-electron chi connectivity index (χ3n) is 2.34. The first-order valence-electron chi connectivity index (χ1n) is 4.95. The van der Waals surface area contributed by atoms with Crippen LogP contribution in [0, 0.1) is 10.1 Å². The van der Waals surface area contributed by atoms with Gasteiger partial charge in [0.05, 0.1) is 10.5 Å². The third kappa shape index (κ3) is 2.82. The number of benzene rings is 1. The smallest absolute Gasteiger partial charge is 0.275 e. The SMILES string of the molecule is CC(=O)[C@@H](N=[N+]=[N-])[C@@H](O)c1ccccc1[N+](=O)[O-]. The number of Topliss-reactive ketones (excluding diaryl/α,β-unsaturated/α-hetero) is 1. The molecule has 0 aromatic heterocycles. The predicted molar refractivity (Wildman–Crippen MR) is 61.7 cm³/mol. The molecule has 0 aliphatic heterocycles. The average molecular weight is 250 g/mol. The summed E-state index contributed by atoms with van der Waals surface area (Å²) in [6.07, 6.45) is -1.54. The fraction of sp³-hybridized carbons (Fsp3) is 0.300. The number of aliphatic hydroxyl groups excluding tert-OH is 1. The van der Waals surface area contributed by atoms with Gasteiger partial charge in [-0.1, -0.05) is 17.2 Å². The van der Waals surface area contributed by atoms with Gasteiger partial charge in [0.2, 0.25) is 0 Å². The maximum Gasteiger partial charge on any atom is 0.275 e. The molecule has 0 saturated heterocycles. The van der Waals surface area contributed by atoms with Crippen molar-refractivity contribution >= 4 is 11.5 Å². The molecule has 1 aromatic rings. The minimum Gasteiger partial charge on any atom is -0.387 e. The van der Waals surface area contributed by atoms with E-state index in [1.165, 1.54) is 24.3 Å². The molecule has 0 aliphatic rings. The molecule has 94 valence electrons. The molecule has 0 aliphatic carbocycles. The number of rotatable bonds is 5. The van der Waals surface area contributed by atoms with Crippen LogP contribution in [-0.4, -0.2) is 21.9 Å². The first-order valence-corrected chi connectivity index (χ1v) is 4.95. The van der Waals surface area contributed by atoms with Gasteiger partial charge in [0.25, 0.3) is 5.69 Å². The Hall–Kier alpha value is -2.44. The quantitative estimate of drug-likeness (QED) is 0.281. The fourth-order valence-corrected chi connectivity index (χ4v) is 1.50. The molecule has 0 unspecified atom stereocenters. The number of carbonyl (C=O) groups excluding carboxylic acids is 1. The van der Waals surface area contributed by atoms with Crippen LogP contribution >= 0.6 is 0 Å². The van der Waals surface area contributed by atoms with E-state index in [9.17, 15) is 20.0 Å². The van der Waals surface area contributed by atoms with Gasteiger partial charge in [-0.3, -0.25) is 14.9 Å². The number of carbonyl (C=O) groups is 1. The highest BCUT2D eigenvalue weighted by Crippen LogP contribution is 2.28. The van der Waals surface area contributed by atoms with Crippen molar-refractivity contribution in [3.8, 4) is 0 Å². The zero-order valence-electron chi connectivity index (χ0n) is 9.42. The average Bonchev–Trinajstić information content (AvgIpc) is 2.34. The van der Waals surface area contributed by atoms with Crippen molar-refractivity contribution in [3.05, 3.63) is 50.4 Å². The van der Waals surface area contributed by atoms with Crippen LogP contribution in [0.15, 0.2) is 29.4 Å². The molecule has 8 heteroatoms. The summed E-state index contributed by atoms with van der Waals surface area (Å²) in [6.45, 7) is 1.14. The maximum absolute atomic E-state index is 11.2. The van der Waals surface area contributed by atoms with Gasteiger partial charge in [-0.05, 0) is 18.5 Å². The number of hydrogen-bond acceptors (Lipinski definition) is 5. The van der Waals surface area contributed by atoms with Gasteiger partial charge >= 0.3 is 0 Å². The lowest BCUT2D eigenvalue weighted by atomic mass is 9.99. The van der Waals surface area contributed by atoms with E-state index in [2.05, 4.69) is 10.0 Å². The molecule has 0 fully saturated rings. The van der Waals surface area contributed by atoms with Crippen molar-refractivity contribution in [2.45, 2.75) is 19.1 Å². The van der Waals surface area contributed by atoms with Crippen molar-refractivity contribution in [1.29, 1.82) is 0 Å². The monoisotopic (exact) mass is 250 g/mol. The molecule has 0 amide bonds. The van der Waals surface area contributed by atoms with E-state index in [4.69, 9.17) is 5.53 Å². The standard InChI is InChI=1S/C10H10N4O4/c1-6(15)9(12-13-11)10(16)7-4-2-3-5-8(7)14(17)18/h2-5,9-10,16H,1H3/t9-,10+/m1/s1. The third-order valence-corrected chi connectivity index (χ3v) is 2.34. The Morgan fingerprint density at radius 2 is 2.17 bits per heavy atom.